The van der Waals surface area contributed by atoms with Crippen LogP contribution in [0.25, 0.3) is 0 Å². The second kappa shape index (κ2) is 11.1. The molecule has 0 aliphatic carbocycles. The molecule has 4 nitrogen and oxygen atoms in total. The highest BCUT2D eigenvalue weighted by Crippen LogP contribution is 2.33. The zero-order valence-electron chi connectivity index (χ0n) is 17.3. The van der Waals surface area contributed by atoms with Gasteiger partial charge in [0, 0.05) is 27.5 Å². The van der Waals surface area contributed by atoms with Gasteiger partial charge in [-0.25, -0.2) is 0 Å². The van der Waals surface area contributed by atoms with Gasteiger partial charge < -0.3 is 14.5 Å². The second-order valence-corrected chi connectivity index (χ2v) is 10.2. The number of ketones is 1. The fourth-order valence-corrected chi connectivity index (χ4v) is 5.02. The highest BCUT2D eigenvalue weighted by atomic mass is 35.5. The maximum absolute atomic E-state index is 12.5. The van der Waals surface area contributed by atoms with Gasteiger partial charge in [-0.1, -0.05) is 70.7 Å². The number of ether oxygens (including phenoxy) is 1. The maximum atomic E-state index is 12.5. The van der Waals surface area contributed by atoms with Gasteiger partial charge in [0.15, 0.2) is 5.78 Å². The summed E-state index contributed by atoms with van der Waals surface area (Å²) in [7, 11) is 0. The number of hydrogen-bond donors (Lipinski definition) is 0. The van der Waals surface area contributed by atoms with Crippen LogP contribution in [0.1, 0.15) is 26.9 Å². The highest BCUT2D eigenvalue weighted by Gasteiger charge is 2.30. The van der Waals surface area contributed by atoms with E-state index >= 15 is 0 Å². The largest absolute Gasteiger partial charge is 0.365 e. The molecule has 4 rings (SSSR count). The monoisotopic (exact) mass is 540 g/mol. The predicted molar refractivity (Wildman–Crippen MR) is 136 cm³/mol. The summed E-state index contributed by atoms with van der Waals surface area (Å²) in [6.45, 7) is 1.01. The van der Waals surface area contributed by atoms with Crippen molar-refractivity contribution < 1.29 is 9.53 Å². The SMILES string of the molecule is O=C(CN1C=CN(C(Cl)C(OCc2ccc(Cl)cc2Cl)c2ccc(Cl)cc2)C1)c1cccs1. The standard InChI is InChI=1S/C24H20Cl4N2O2S/c25-18-6-3-16(4-7-18)23(32-14-17-5-8-19(26)12-20(17)27)24(28)30-10-9-29(15-30)13-21(31)22-2-1-11-33-22/h1-12,23-24H,13-15H2. The Labute approximate surface area is 216 Å². The molecular formula is C24H20Cl4N2O2S. The van der Waals surface area contributed by atoms with Crippen molar-refractivity contribution in [3.05, 3.63) is 103 Å². The Bertz CT molecular complexity index is 1120. The molecule has 2 aromatic carbocycles. The van der Waals surface area contributed by atoms with Gasteiger partial charge >= 0.3 is 0 Å². The summed E-state index contributed by atoms with van der Waals surface area (Å²) in [6, 6.07) is 16.4. The highest BCUT2D eigenvalue weighted by molar-refractivity contribution is 7.12. The lowest BCUT2D eigenvalue weighted by molar-refractivity contribution is 0.00699. The molecule has 0 bridgehead atoms. The maximum Gasteiger partial charge on any atom is 0.192 e. The molecule has 0 radical (unpaired) electrons. The molecule has 2 unspecified atom stereocenters. The van der Waals surface area contributed by atoms with Crippen LogP contribution in [-0.4, -0.2) is 34.3 Å². The first-order valence-corrected chi connectivity index (χ1v) is 12.6. The fourth-order valence-electron chi connectivity index (χ4n) is 3.43. The zero-order valence-corrected chi connectivity index (χ0v) is 21.2. The van der Waals surface area contributed by atoms with Gasteiger partial charge in [0.25, 0.3) is 0 Å². The van der Waals surface area contributed by atoms with Crippen molar-refractivity contribution in [3.63, 3.8) is 0 Å². The third-order valence-electron chi connectivity index (χ3n) is 5.16. The number of alkyl halides is 1. The quantitative estimate of drug-likeness (QED) is 0.160. The van der Waals surface area contributed by atoms with Crippen LogP contribution in [0.5, 0.6) is 0 Å². The number of carbonyl (C=O) groups excluding carboxylic acids is 1. The molecule has 9 heteroatoms. The number of thiophene rings is 1. The summed E-state index contributed by atoms with van der Waals surface area (Å²) in [4.78, 5) is 17.1. The Morgan fingerprint density at radius 1 is 1.03 bits per heavy atom. The molecule has 0 N–H and O–H groups in total. The van der Waals surface area contributed by atoms with E-state index in [0.717, 1.165) is 16.0 Å². The minimum absolute atomic E-state index is 0.0745. The fraction of sp³-hybridized carbons (Fsp3) is 0.208. The van der Waals surface area contributed by atoms with Crippen molar-refractivity contribution in [1.82, 2.24) is 9.80 Å². The number of rotatable bonds is 9. The van der Waals surface area contributed by atoms with Crippen molar-refractivity contribution in [1.29, 1.82) is 0 Å². The van der Waals surface area contributed by atoms with E-state index < -0.39 is 11.6 Å². The molecule has 172 valence electrons. The third-order valence-corrected chi connectivity index (χ3v) is 7.38. The normalized spacial score (nSPS) is 15.2. The van der Waals surface area contributed by atoms with Crippen LogP contribution in [-0.2, 0) is 11.3 Å². The van der Waals surface area contributed by atoms with E-state index in [0.29, 0.717) is 21.7 Å². The van der Waals surface area contributed by atoms with Crippen LogP contribution in [0.4, 0.5) is 0 Å². The summed E-state index contributed by atoms with van der Waals surface area (Å²) < 4.78 is 6.26. The van der Waals surface area contributed by atoms with Gasteiger partial charge in [-0.15, -0.1) is 11.3 Å². The van der Waals surface area contributed by atoms with Crippen LogP contribution in [0.3, 0.4) is 0 Å². The van der Waals surface area contributed by atoms with Gasteiger partial charge in [0.2, 0.25) is 0 Å². The number of carbonyl (C=O) groups is 1. The molecule has 1 aliphatic heterocycles. The van der Waals surface area contributed by atoms with Crippen LogP contribution in [0.15, 0.2) is 72.4 Å². The summed E-state index contributed by atoms with van der Waals surface area (Å²) in [5.74, 6) is 0.0745. The minimum atomic E-state index is -0.532. The molecule has 33 heavy (non-hydrogen) atoms. The van der Waals surface area contributed by atoms with Gasteiger partial charge in [0.05, 0.1) is 24.7 Å². The van der Waals surface area contributed by atoms with Gasteiger partial charge in [-0.05, 0) is 46.8 Å². The lowest BCUT2D eigenvalue weighted by Gasteiger charge is -2.31. The molecule has 0 saturated carbocycles. The Kier molecular flexibility index (Phi) is 8.23. The number of benzene rings is 2. The van der Waals surface area contributed by atoms with Crippen molar-refractivity contribution in [3.8, 4) is 0 Å². The summed E-state index contributed by atoms with van der Waals surface area (Å²) in [6.07, 6.45) is 3.27. The number of nitrogens with zero attached hydrogens (tertiary/aromatic N) is 2. The molecular weight excluding hydrogens is 522 g/mol. The number of Topliss-reactive ketones (excluding diaryl/α,β-unsaturated/α-hetero) is 1. The molecule has 0 amide bonds. The lowest BCUT2D eigenvalue weighted by Crippen LogP contribution is -2.37. The van der Waals surface area contributed by atoms with E-state index in [2.05, 4.69) is 0 Å². The molecule has 2 heterocycles. The Morgan fingerprint density at radius 3 is 2.48 bits per heavy atom. The molecule has 3 aromatic rings. The Morgan fingerprint density at radius 2 is 1.79 bits per heavy atom. The molecule has 1 aliphatic rings. The first-order chi connectivity index (χ1) is 15.9. The molecule has 1 aromatic heterocycles. The first kappa shape index (κ1) is 24.4. The van der Waals surface area contributed by atoms with Gasteiger partial charge in [-0.2, -0.15) is 0 Å². The average molecular weight is 542 g/mol. The average Bonchev–Trinajstić information content (AvgIpc) is 3.48. The van der Waals surface area contributed by atoms with Crippen LogP contribution >= 0.6 is 57.7 Å². The van der Waals surface area contributed by atoms with Gasteiger partial charge in [-0.3, -0.25) is 4.79 Å². The zero-order chi connectivity index (χ0) is 23.4. The molecule has 0 spiro atoms. The van der Waals surface area contributed by atoms with Crippen molar-refractivity contribution in [2.24, 2.45) is 0 Å². The molecule has 0 fully saturated rings. The van der Waals surface area contributed by atoms with Gasteiger partial charge in [0.1, 0.15) is 11.6 Å². The summed E-state index contributed by atoms with van der Waals surface area (Å²) in [5, 5.41) is 3.62. The first-order valence-electron chi connectivity index (χ1n) is 10.1. The number of hydrogen-bond acceptors (Lipinski definition) is 5. The molecule has 0 saturated heterocycles. The van der Waals surface area contributed by atoms with E-state index in [1.165, 1.54) is 11.3 Å². The molecule has 2 atom stereocenters. The lowest BCUT2D eigenvalue weighted by atomic mass is 10.1. The third kappa shape index (κ3) is 6.24. The van der Waals surface area contributed by atoms with Crippen LogP contribution < -0.4 is 0 Å². The number of halogens is 4. The van der Waals surface area contributed by atoms with Crippen molar-refractivity contribution in [2.45, 2.75) is 18.2 Å². The predicted octanol–water partition coefficient (Wildman–Crippen LogP) is 7.46. The smallest absolute Gasteiger partial charge is 0.192 e. The van der Waals surface area contributed by atoms with E-state index in [9.17, 15) is 4.79 Å². The topological polar surface area (TPSA) is 32.8 Å². The Hall–Kier alpha value is -1.73. The Balaban J connectivity index is 1.46. The minimum Gasteiger partial charge on any atom is -0.365 e. The summed E-state index contributed by atoms with van der Waals surface area (Å²) >= 11 is 26.8. The van der Waals surface area contributed by atoms with E-state index in [-0.39, 0.29) is 18.9 Å². The summed E-state index contributed by atoms with van der Waals surface area (Å²) in [5.41, 5.74) is 1.16. The second-order valence-electron chi connectivity index (χ2n) is 7.49. The van der Waals surface area contributed by atoms with Crippen LogP contribution in [0.2, 0.25) is 15.1 Å². The van der Waals surface area contributed by atoms with Crippen molar-refractivity contribution >= 4 is 63.5 Å². The van der Waals surface area contributed by atoms with Crippen LogP contribution in [0, 0.1) is 0 Å². The van der Waals surface area contributed by atoms with E-state index in [4.69, 9.17) is 51.1 Å². The van der Waals surface area contributed by atoms with E-state index in [1.54, 1.807) is 24.3 Å². The van der Waals surface area contributed by atoms with Crippen molar-refractivity contribution in [2.75, 3.05) is 13.2 Å². The van der Waals surface area contributed by atoms with E-state index in [1.807, 2.05) is 57.9 Å².